The standard InChI is InChI=1S/C26H25IN2O4/c27-20-13-10-19(11-14-20)16-29-23-8-4-5-9-24(23)33-17-22(25(29)30)28-21(26(31)32)15-12-18-6-2-1-3-7-18/h1-11,13-14,21-22,28H,12,15-17H2,(H,31,32)/t21-,22?/m0/s1. The maximum Gasteiger partial charge on any atom is 0.320 e. The minimum atomic E-state index is -0.982. The van der Waals surface area contributed by atoms with Crippen molar-refractivity contribution in [3.05, 3.63) is 93.6 Å². The van der Waals surface area contributed by atoms with Gasteiger partial charge < -0.3 is 14.7 Å². The number of benzene rings is 3. The predicted octanol–water partition coefficient (Wildman–Crippen LogP) is 4.26. The van der Waals surface area contributed by atoms with Crippen LogP contribution in [0.3, 0.4) is 0 Å². The van der Waals surface area contributed by atoms with Gasteiger partial charge in [0.05, 0.1) is 12.2 Å². The molecule has 1 unspecified atom stereocenters. The Balaban J connectivity index is 1.54. The fourth-order valence-electron chi connectivity index (χ4n) is 3.88. The monoisotopic (exact) mass is 556 g/mol. The van der Waals surface area contributed by atoms with Gasteiger partial charge in [-0.3, -0.25) is 14.9 Å². The molecule has 7 heteroatoms. The second-order valence-corrected chi connectivity index (χ2v) is 9.21. The first-order valence-corrected chi connectivity index (χ1v) is 11.9. The summed E-state index contributed by atoms with van der Waals surface area (Å²) in [5.41, 5.74) is 2.72. The van der Waals surface area contributed by atoms with Gasteiger partial charge >= 0.3 is 5.97 Å². The number of hydrogen-bond acceptors (Lipinski definition) is 4. The maximum atomic E-state index is 13.6. The van der Waals surface area contributed by atoms with Crippen LogP contribution in [-0.2, 0) is 22.6 Å². The molecular formula is C26H25IN2O4. The number of fused-ring (bicyclic) bond motifs is 1. The van der Waals surface area contributed by atoms with Crippen molar-refractivity contribution in [2.24, 2.45) is 0 Å². The molecule has 2 N–H and O–H groups in total. The van der Waals surface area contributed by atoms with Crippen molar-refractivity contribution < 1.29 is 19.4 Å². The van der Waals surface area contributed by atoms with Gasteiger partial charge in [-0.25, -0.2) is 0 Å². The highest BCUT2D eigenvalue weighted by Crippen LogP contribution is 2.32. The number of halogens is 1. The van der Waals surface area contributed by atoms with E-state index in [9.17, 15) is 14.7 Å². The molecule has 0 aromatic heterocycles. The van der Waals surface area contributed by atoms with Gasteiger partial charge in [0, 0.05) is 3.57 Å². The number of anilines is 1. The average Bonchev–Trinajstić information content (AvgIpc) is 2.95. The number of carboxylic acid groups (broad SMARTS) is 1. The summed E-state index contributed by atoms with van der Waals surface area (Å²) in [6, 6.07) is 23.5. The third-order valence-electron chi connectivity index (χ3n) is 5.64. The first-order chi connectivity index (χ1) is 16.0. The molecule has 1 aliphatic heterocycles. The van der Waals surface area contributed by atoms with Crippen LogP contribution in [0.2, 0.25) is 0 Å². The maximum absolute atomic E-state index is 13.6. The van der Waals surface area contributed by atoms with E-state index in [1.165, 1.54) is 0 Å². The minimum Gasteiger partial charge on any atom is -0.489 e. The Morgan fingerprint density at radius 1 is 1.03 bits per heavy atom. The molecule has 0 spiro atoms. The van der Waals surface area contributed by atoms with Crippen LogP contribution in [0.5, 0.6) is 5.75 Å². The van der Waals surface area contributed by atoms with Gasteiger partial charge in [0.2, 0.25) is 5.91 Å². The molecule has 3 aromatic carbocycles. The summed E-state index contributed by atoms with van der Waals surface area (Å²) >= 11 is 2.25. The molecule has 0 bridgehead atoms. The summed E-state index contributed by atoms with van der Waals surface area (Å²) < 4.78 is 7.06. The lowest BCUT2D eigenvalue weighted by molar-refractivity contribution is -0.140. The number of carbonyl (C=O) groups excluding carboxylic acids is 1. The lowest BCUT2D eigenvalue weighted by atomic mass is 10.0. The number of ether oxygens (including phenoxy) is 1. The molecule has 1 heterocycles. The Bertz CT molecular complexity index is 1100. The van der Waals surface area contributed by atoms with Crippen molar-refractivity contribution >= 4 is 40.2 Å². The van der Waals surface area contributed by atoms with Gasteiger partial charge in [-0.05, 0) is 70.8 Å². The van der Waals surface area contributed by atoms with E-state index in [4.69, 9.17) is 4.74 Å². The molecule has 4 rings (SSSR count). The van der Waals surface area contributed by atoms with Crippen LogP contribution in [0.25, 0.3) is 0 Å². The molecular weight excluding hydrogens is 531 g/mol. The Morgan fingerprint density at radius 2 is 1.73 bits per heavy atom. The summed E-state index contributed by atoms with van der Waals surface area (Å²) in [7, 11) is 0. The molecule has 170 valence electrons. The van der Waals surface area contributed by atoms with E-state index in [0.29, 0.717) is 30.8 Å². The van der Waals surface area contributed by atoms with Gasteiger partial charge in [-0.1, -0.05) is 54.6 Å². The Morgan fingerprint density at radius 3 is 2.45 bits per heavy atom. The largest absolute Gasteiger partial charge is 0.489 e. The van der Waals surface area contributed by atoms with Gasteiger partial charge in [-0.15, -0.1) is 0 Å². The summed E-state index contributed by atoms with van der Waals surface area (Å²) in [6.07, 6.45) is 0.965. The third kappa shape index (κ3) is 5.91. The van der Waals surface area contributed by atoms with E-state index in [0.717, 1.165) is 14.7 Å². The number of carbonyl (C=O) groups is 2. The predicted molar refractivity (Wildman–Crippen MR) is 135 cm³/mol. The van der Waals surface area contributed by atoms with Crippen molar-refractivity contribution in [2.75, 3.05) is 11.5 Å². The zero-order valence-electron chi connectivity index (χ0n) is 18.0. The normalized spacial score (nSPS) is 16.5. The van der Waals surface area contributed by atoms with Crippen LogP contribution in [0, 0.1) is 3.57 Å². The molecule has 0 aliphatic carbocycles. The van der Waals surface area contributed by atoms with Crippen LogP contribution in [0.1, 0.15) is 17.5 Å². The van der Waals surface area contributed by atoms with Crippen LogP contribution in [0.4, 0.5) is 5.69 Å². The first-order valence-electron chi connectivity index (χ1n) is 10.8. The summed E-state index contributed by atoms with van der Waals surface area (Å²) in [5.74, 6) is -0.578. The van der Waals surface area contributed by atoms with Gasteiger partial charge in [0.15, 0.2) is 0 Å². The minimum absolute atomic E-state index is 0.0636. The van der Waals surface area contributed by atoms with Gasteiger partial charge in [0.25, 0.3) is 0 Å². The highest BCUT2D eigenvalue weighted by Gasteiger charge is 2.34. The number of hydrogen-bond donors (Lipinski definition) is 2. The zero-order valence-corrected chi connectivity index (χ0v) is 20.1. The number of para-hydroxylation sites is 2. The number of amides is 1. The second-order valence-electron chi connectivity index (χ2n) is 7.96. The van der Waals surface area contributed by atoms with Crippen molar-refractivity contribution in [1.82, 2.24) is 5.32 Å². The fourth-order valence-corrected chi connectivity index (χ4v) is 4.24. The molecule has 0 radical (unpaired) electrons. The quantitative estimate of drug-likeness (QED) is 0.406. The Hall–Kier alpha value is -2.91. The molecule has 6 nitrogen and oxygen atoms in total. The molecule has 3 aromatic rings. The molecule has 33 heavy (non-hydrogen) atoms. The smallest absolute Gasteiger partial charge is 0.320 e. The number of carboxylic acids is 1. The SMILES string of the molecule is O=C(O)[C@H](CCc1ccccc1)NC1COc2ccccc2N(Cc2ccc(I)cc2)C1=O. The topological polar surface area (TPSA) is 78.9 Å². The fraction of sp³-hybridized carbons (Fsp3) is 0.231. The number of nitrogens with zero attached hydrogens (tertiary/aromatic N) is 1. The van der Waals surface area contributed by atoms with Crippen molar-refractivity contribution in [2.45, 2.75) is 31.5 Å². The lowest BCUT2D eigenvalue weighted by Gasteiger charge is -2.26. The first kappa shape index (κ1) is 23.3. The number of rotatable bonds is 8. The molecule has 1 amide bonds. The van der Waals surface area contributed by atoms with Crippen molar-refractivity contribution in [1.29, 1.82) is 0 Å². The number of aryl methyl sites for hydroxylation is 1. The molecule has 0 saturated heterocycles. The molecule has 1 aliphatic rings. The van der Waals surface area contributed by atoms with Crippen LogP contribution < -0.4 is 15.0 Å². The number of nitrogens with one attached hydrogen (secondary N) is 1. The molecule has 2 atom stereocenters. The van der Waals surface area contributed by atoms with Gasteiger partial charge in [-0.2, -0.15) is 0 Å². The van der Waals surface area contributed by atoms with E-state index in [1.807, 2.05) is 78.9 Å². The zero-order chi connectivity index (χ0) is 23.2. The summed E-state index contributed by atoms with van der Waals surface area (Å²) in [5, 5.41) is 12.9. The average molecular weight is 556 g/mol. The van der Waals surface area contributed by atoms with E-state index in [-0.39, 0.29) is 12.5 Å². The summed E-state index contributed by atoms with van der Waals surface area (Å²) in [4.78, 5) is 27.3. The molecule has 0 saturated carbocycles. The second kappa shape index (κ2) is 10.8. The van der Waals surface area contributed by atoms with Gasteiger partial charge in [0.1, 0.15) is 24.4 Å². The van der Waals surface area contributed by atoms with Crippen molar-refractivity contribution in [3.63, 3.8) is 0 Å². The van der Waals surface area contributed by atoms with Crippen LogP contribution in [0.15, 0.2) is 78.9 Å². The Kier molecular flexibility index (Phi) is 7.61. The van der Waals surface area contributed by atoms with E-state index in [1.54, 1.807) is 4.90 Å². The van der Waals surface area contributed by atoms with E-state index >= 15 is 0 Å². The third-order valence-corrected chi connectivity index (χ3v) is 6.36. The van der Waals surface area contributed by atoms with E-state index < -0.39 is 18.1 Å². The lowest BCUT2D eigenvalue weighted by Crippen LogP contribution is -2.53. The highest BCUT2D eigenvalue weighted by atomic mass is 127. The number of aliphatic carboxylic acids is 1. The Labute approximate surface area is 206 Å². The van der Waals surface area contributed by atoms with Crippen LogP contribution >= 0.6 is 22.6 Å². The summed E-state index contributed by atoms with van der Waals surface area (Å²) in [6.45, 7) is 0.435. The highest BCUT2D eigenvalue weighted by molar-refractivity contribution is 14.1. The molecule has 0 fully saturated rings. The van der Waals surface area contributed by atoms with Crippen molar-refractivity contribution in [3.8, 4) is 5.75 Å². The van der Waals surface area contributed by atoms with E-state index in [2.05, 4.69) is 27.9 Å². The van der Waals surface area contributed by atoms with Crippen LogP contribution in [-0.4, -0.2) is 35.7 Å².